The van der Waals surface area contributed by atoms with E-state index in [0.717, 1.165) is 76.2 Å². The van der Waals surface area contributed by atoms with Crippen molar-refractivity contribution >= 4 is 70.0 Å². The number of aryl methyl sites for hydroxylation is 1. The number of hydrogen-bond acceptors (Lipinski definition) is 15. The molecular formula is C54H71ClFN11O6S2. The Bertz CT molecular complexity index is 2700. The van der Waals surface area contributed by atoms with Gasteiger partial charge in [0.15, 0.2) is 5.67 Å². The van der Waals surface area contributed by atoms with E-state index >= 15 is 0 Å². The van der Waals surface area contributed by atoms with E-state index < -0.39 is 47.0 Å². The summed E-state index contributed by atoms with van der Waals surface area (Å²) in [5.74, 6) is 0.636. The Morgan fingerprint density at radius 2 is 1.71 bits per heavy atom. The molecule has 5 fully saturated rings. The number of carbonyl (C=O) groups is 4. The zero-order valence-corrected chi connectivity index (χ0v) is 46.0. The minimum Gasteiger partial charge on any atom is -0.493 e. The van der Waals surface area contributed by atoms with Crippen LogP contribution < -0.4 is 30.9 Å². The summed E-state index contributed by atoms with van der Waals surface area (Å²) in [5, 5.41) is 17.6. The number of aliphatic hydroxyl groups is 1. The van der Waals surface area contributed by atoms with Gasteiger partial charge in [-0.1, -0.05) is 63.2 Å². The van der Waals surface area contributed by atoms with Crippen LogP contribution in [0.15, 0.2) is 58.3 Å². The number of rotatable bonds is 16. The van der Waals surface area contributed by atoms with Crippen LogP contribution in [-0.2, 0) is 25.7 Å². The first kappa shape index (κ1) is 54.6. The number of aliphatic hydroxyl groups excluding tert-OH is 1. The molecule has 4 amide bonds. The molecule has 9 rings (SSSR count). The minimum atomic E-state index is -1.98. The largest absolute Gasteiger partial charge is 0.493 e. The van der Waals surface area contributed by atoms with E-state index in [9.17, 15) is 28.7 Å². The highest BCUT2D eigenvalue weighted by Gasteiger charge is 2.53. The van der Waals surface area contributed by atoms with E-state index in [-0.39, 0.29) is 55.5 Å². The highest BCUT2D eigenvalue weighted by Crippen LogP contribution is 2.42. The third-order valence-corrected chi connectivity index (χ3v) is 18.3. The number of amides is 4. The average molecular weight is 1090 g/mol. The first-order valence-electron chi connectivity index (χ1n) is 26.4. The van der Waals surface area contributed by atoms with E-state index in [2.05, 4.69) is 37.3 Å². The van der Waals surface area contributed by atoms with E-state index in [1.54, 1.807) is 38.7 Å². The molecule has 0 unspecified atom stereocenters. The fourth-order valence-electron chi connectivity index (χ4n) is 10.5. The summed E-state index contributed by atoms with van der Waals surface area (Å²) in [6.45, 7) is 15.0. The summed E-state index contributed by atoms with van der Waals surface area (Å²) >= 11 is 10.0. The van der Waals surface area contributed by atoms with Crippen LogP contribution in [0.5, 0.6) is 5.75 Å². The molecule has 404 valence electrons. The van der Waals surface area contributed by atoms with Gasteiger partial charge in [-0.3, -0.25) is 19.2 Å². The zero-order valence-electron chi connectivity index (χ0n) is 43.7. The van der Waals surface area contributed by atoms with Crippen molar-refractivity contribution in [1.29, 1.82) is 0 Å². The normalized spacial score (nSPS) is 21.5. The number of hydrogen-bond donors (Lipinski definition) is 4. The number of carbonyl (C=O) groups excluding carboxylic acids is 4. The van der Waals surface area contributed by atoms with E-state index in [4.69, 9.17) is 32.0 Å². The van der Waals surface area contributed by atoms with Crippen molar-refractivity contribution in [3.8, 4) is 16.2 Å². The molecule has 17 nitrogen and oxygen atoms in total. The zero-order chi connectivity index (χ0) is 53.2. The van der Waals surface area contributed by atoms with Crippen LogP contribution >= 0.6 is 34.7 Å². The number of benzene rings is 1. The molecule has 4 aromatic rings. The average Bonchev–Trinajstić information content (AvgIpc) is 3.82. The lowest BCUT2D eigenvalue weighted by atomic mass is 9.80. The lowest BCUT2D eigenvalue weighted by Crippen LogP contribution is -2.59. The number of nitrogens with zero attached hydrogens (tertiary/aromatic N) is 8. The highest BCUT2D eigenvalue weighted by molar-refractivity contribution is 7.99. The maximum Gasteiger partial charge on any atom is 0.258 e. The van der Waals surface area contributed by atoms with Crippen LogP contribution in [0.2, 0.25) is 5.02 Å². The van der Waals surface area contributed by atoms with Crippen LogP contribution in [-0.4, -0.2) is 141 Å². The number of aromatic nitrogens is 4. The second-order valence-corrected chi connectivity index (χ2v) is 24.8. The number of halogens is 2. The van der Waals surface area contributed by atoms with Crippen LogP contribution in [0.25, 0.3) is 10.4 Å². The summed E-state index contributed by atoms with van der Waals surface area (Å²) < 4.78 is 21.3. The van der Waals surface area contributed by atoms with Gasteiger partial charge in [-0.2, -0.15) is 0 Å². The number of likely N-dealkylation sites (tertiary alicyclic amines) is 2. The first-order valence-corrected chi connectivity index (χ1v) is 28.4. The van der Waals surface area contributed by atoms with Crippen LogP contribution in [0.1, 0.15) is 96.7 Å². The van der Waals surface area contributed by atoms with Crippen LogP contribution in [0, 0.1) is 29.6 Å². The lowest BCUT2D eigenvalue weighted by Gasteiger charge is -2.39. The van der Waals surface area contributed by atoms with Gasteiger partial charge >= 0.3 is 0 Å². The highest BCUT2D eigenvalue weighted by atomic mass is 35.5. The SMILES string of the molecule is Cc1ncsc1-c1ccc(CNC(=O)[C@@H]2C[C@@H](O)CN2C(=O)[C@@H](NC(=O)C2(F)CC2)C(C)(C)C)c(OCC2CCN(C(=O)C3CCN(c4nccc(Sc5cnc(N6CCC(C)(CN)CC6)cn5)c4Cl)CC3)CC2)c1. The lowest BCUT2D eigenvalue weighted by molar-refractivity contribution is -0.145. The van der Waals surface area contributed by atoms with E-state index in [1.807, 2.05) is 42.3 Å². The molecule has 5 N–H and O–H groups in total. The second kappa shape index (κ2) is 22.8. The molecule has 3 atom stereocenters. The molecule has 1 aliphatic carbocycles. The summed E-state index contributed by atoms with van der Waals surface area (Å²) in [6, 6.07) is 5.65. The van der Waals surface area contributed by atoms with Gasteiger partial charge in [0.05, 0.1) is 46.2 Å². The molecule has 0 bridgehead atoms. The number of β-amino-alcohol motifs (C(OH)–C–C–N with tert-alkyl or cyclic N) is 1. The number of thiazole rings is 1. The van der Waals surface area contributed by atoms with Gasteiger partial charge in [0.1, 0.15) is 34.5 Å². The minimum absolute atomic E-state index is 0.0200. The number of anilines is 2. The van der Waals surface area contributed by atoms with Crippen molar-refractivity contribution in [2.75, 3.05) is 68.8 Å². The molecule has 3 aromatic heterocycles. The quantitative estimate of drug-likeness (QED) is 0.0908. The number of pyridine rings is 1. The van der Waals surface area contributed by atoms with Gasteiger partial charge in [-0.05, 0) is 99.3 Å². The van der Waals surface area contributed by atoms with Crippen LogP contribution in [0.4, 0.5) is 16.0 Å². The third kappa shape index (κ3) is 12.7. The summed E-state index contributed by atoms with van der Waals surface area (Å²) in [6.07, 6.45) is 9.70. The van der Waals surface area contributed by atoms with Crippen molar-refractivity contribution in [1.82, 2.24) is 40.4 Å². The molecule has 1 aromatic carbocycles. The number of alkyl halides is 1. The maximum atomic E-state index is 14.7. The molecule has 0 radical (unpaired) electrons. The van der Waals surface area contributed by atoms with Crippen molar-refractivity contribution in [2.24, 2.45) is 28.4 Å². The Hall–Kier alpha value is -5.15. The third-order valence-electron chi connectivity index (χ3n) is 15.9. The Balaban J connectivity index is 0.766. The molecular weight excluding hydrogens is 1020 g/mol. The van der Waals surface area contributed by atoms with Crippen molar-refractivity contribution in [2.45, 2.75) is 133 Å². The smallest absolute Gasteiger partial charge is 0.258 e. The summed E-state index contributed by atoms with van der Waals surface area (Å²) in [4.78, 5) is 82.8. The number of nitrogens with one attached hydrogen (secondary N) is 2. The number of ether oxygens (including phenoxy) is 1. The number of piperidine rings is 3. The predicted molar refractivity (Wildman–Crippen MR) is 288 cm³/mol. The molecule has 7 heterocycles. The first-order chi connectivity index (χ1) is 35.8. The van der Waals surface area contributed by atoms with Gasteiger partial charge in [-0.25, -0.2) is 24.3 Å². The summed E-state index contributed by atoms with van der Waals surface area (Å²) in [7, 11) is 0. The standard InChI is InChI=1S/C54H71ClFN11O6S2/c1-33-45(74-32-62-33)36-6-7-37(26-61-48(69)39-25-38(68)29-67(39)50(71)46(52(2,3)4)63-51(72)54(56)13-14-54)40(24-36)73-30-34-9-18-66(19-10-34)49(70)35-11-20-65(21-12-35)47-44(55)41(8-17-58-47)75-43-28-59-42(27-60-43)64-22-15-53(5,31-57)16-23-64/h6-8,17,24,27-28,32,34-35,38-39,46,68H,9-16,18-23,25-26,29-31,57H2,1-5H3,(H,61,69)(H,63,72)/t38-,39+,46-/m1/s1. The monoisotopic (exact) mass is 1090 g/mol. The topological polar surface area (TPSA) is 212 Å². The molecule has 21 heteroatoms. The van der Waals surface area contributed by atoms with Gasteiger partial charge in [-0.15, -0.1) is 11.3 Å². The molecule has 1 saturated carbocycles. The van der Waals surface area contributed by atoms with Crippen molar-refractivity contribution < 1.29 is 33.4 Å². The van der Waals surface area contributed by atoms with Gasteiger partial charge in [0.25, 0.3) is 5.91 Å². The van der Waals surface area contributed by atoms with E-state index in [1.165, 1.54) is 28.0 Å². The molecule has 75 heavy (non-hydrogen) atoms. The van der Waals surface area contributed by atoms with Crippen molar-refractivity contribution in [3.63, 3.8) is 0 Å². The Labute approximate surface area is 452 Å². The Kier molecular flexibility index (Phi) is 16.6. The Morgan fingerprint density at radius 3 is 2.35 bits per heavy atom. The molecule has 4 saturated heterocycles. The van der Waals surface area contributed by atoms with Crippen molar-refractivity contribution in [3.05, 3.63) is 64.6 Å². The van der Waals surface area contributed by atoms with Gasteiger partial charge in [0, 0.05) is 81.4 Å². The fraction of sp³-hybridized carbons (Fsp3) is 0.593. The number of nitrogens with two attached hydrogens (primary N) is 1. The molecule has 5 aliphatic rings. The summed E-state index contributed by atoms with van der Waals surface area (Å²) in [5.41, 5.74) is 7.78. The van der Waals surface area contributed by atoms with E-state index in [0.29, 0.717) is 68.8 Å². The predicted octanol–water partition coefficient (Wildman–Crippen LogP) is 6.82. The Morgan fingerprint density at radius 1 is 0.973 bits per heavy atom. The van der Waals surface area contributed by atoms with Crippen LogP contribution in [0.3, 0.4) is 0 Å². The van der Waals surface area contributed by atoms with Gasteiger partial charge < -0.3 is 45.8 Å². The molecule has 0 spiro atoms. The second-order valence-electron chi connectivity index (χ2n) is 22.5. The van der Waals surface area contributed by atoms with Gasteiger partial charge in [0.2, 0.25) is 17.7 Å². The maximum absolute atomic E-state index is 14.7. The molecule has 4 aliphatic heterocycles. The fourth-order valence-corrected chi connectivity index (χ4v) is 12.4.